The van der Waals surface area contributed by atoms with E-state index in [0.29, 0.717) is 5.76 Å². The van der Waals surface area contributed by atoms with Crippen molar-refractivity contribution in [2.75, 3.05) is 6.26 Å². The molecular weight excluding hydrogens is 351 g/mol. The number of benzene rings is 2. The molecule has 1 fully saturated rings. The van der Waals surface area contributed by atoms with E-state index in [0.717, 1.165) is 41.5 Å². The van der Waals surface area contributed by atoms with E-state index >= 15 is 0 Å². The van der Waals surface area contributed by atoms with Crippen molar-refractivity contribution in [3.63, 3.8) is 0 Å². The SMILES string of the molecule is C=C1OC2(CCC2)C(c2ccc(S(C)(=O)=O)cc2)=C1c1cccc(F)c1. The van der Waals surface area contributed by atoms with Gasteiger partial charge in [0.15, 0.2) is 9.84 Å². The highest BCUT2D eigenvalue weighted by Crippen LogP contribution is 2.56. The van der Waals surface area contributed by atoms with Crippen LogP contribution in [0.15, 0.2) is 65.8 Å². The summed E-state index contributed by atoms with van der Waals surface area (Å²) in [6, 6.07) is 13.2. The summed E-state index contributed by atoms with van der Waals surface area (Å²) in [5, 5.41) is 0. The first-order valence-corrected chi connectivity index (χ1v) is 10.4. The molecule has 0 saturated heterocycles. The van der Waals surface area contributed by atoms with Gasteiger partial charge in [-0.2, -0.15) is 0 Å². The Balaban J connectivity index is 1.91. The molecule has 4 rings (SSSR count). The number of ether oxygens (including phenoxy) is 1. The molecule has 0 aromatic heterocycles. The Morgan fingerprint density at radius 3 is 2.31 bits per heavy atom. The fourth-order valence-electron chi connectivity index (χ4n) is 3.78. The van der Waals surface area contributed by atoms with E-state index in [1.807, 2.05) is 6.07 Å². The Hall–Kier alpha value is -2.40. The smallest absolute Gasteiger partial charge is 0.175 e. The summed E-state index contributed by atoms with van der Waals surface area (Å²) in [5.74, 6) is 0.224. The molecule has 2 aliphatic rings. The number of hydrogen-bond donors (Lipinski definition) is 0. The number of hydrogen-bond acceptors (Lipinski definition) is 3. The minimum absolute atomic E-state index is 0.273. The molecule has 0 unspecified atom stereocenters. The van der Waals surface area contributed by atoms with Gasteiger partial charge < -0.3 is 4.74 Å². The van der Waals surface area contributed by atoms with Crippen LogP contribution in [0.3, 0.4) is 0 Å². The Labute approximate surface area is 152 Å². The van der Waals surface area contributed by atoms with Crippen LogP contribution in [0, 0.1) is 5.82 Å². The van der Waals surface area contributed by atoms with E-state index in [1.165, 1.54) is 18.4 Å². The molecule has 1 aliphatic heterocycles. The van der Waals surface area contributed by atoms with E-state index in [-0.39, 0.29) is 10.7 Å². The van der Waals surface area contributed by atoms with Crippen LogP contribution < -0.4 is 0 Å². The average Bonchev–Trinajstić information content (AvgIpc) is 2.88. The molecule has 0 radical (unpaired) electrons. The van der Waals surface area contributed by atoms with Gasteiger partial charge in [-0.1, -0.05) is 30.8 Å². The maximum Gasteiger partial charge on any atom is 0.175 e. The molecule has 0 N–H and O–H groups in total. The van der Waals surface area contributed by atoms with Crippen molar-refractivity contribution in [2.24, 2.45) is 0 Å². The van der Waals surface area contributed by atoms with Crippen molar-refractivity contribution in [3.05, 3.63) is 77.8 Å². The van der Waals surface area contributed by atoms with E-state index in [2.05, 4.69) is 6.58 Å². The summed E-state index contributed by atoms with van der Waals surface area (Å²) in [6.45, 7) is 4.05. The van der Waals surface area contributed by atoms with Gasteiger partial charge in [0.2, 0.25) is 0 Å². The van der Waals surface area contributed by atoms with Crippen LogP contribution in [0.25, 0.3) is 11.1 Å². The normalized spacial score (nSPS) is 18.8. The van der Waals surface area contributed by atoms with Gasteiger partial charge in [0.1, 0.15) is 17.2 Å². The second kappa shape index (κ2) is 5.81. The first-order chi connectivity index (χ1) is 12.3. The fraction of sp³-hybridized carbons (Fsp3) is 0.238. The highest BCUT2D eigenvalue weighted by molar-refractivity contribution is 7.90. The van der Waals surface area contributed by atoms with E-state index in [1.54, 1.807) is 30.3 Å². The second-order valence-electron chi connectivity index (χ2n) is 6.93. The predicted molar refractivity (Wildman–Crippen MR) is 99.6 cm³/mol. The summed E-state index contributed by atoms with van der Waals surface area (Å²) in [6.07, 6.45) is 3.98. The number of sulfone groups is 1. The standard InChI is InChI=1S/C21H19FO3S/c1-14-19(16-5-3-6-17(22)13-16)20(21(25-14)11-4-12-21)15-7-9-18(10-8-15)26(2,23)24/h3,5-10,13H,1,4,11-12H2,2H3. The molecule has 134 valence electrons. The summed E-state index contributed by atoms with van der Waals surface area (Å²) in [7, 11) is -3.26. The summed E-state index contributed by atoms with van der Waals surface area (Å²) in [4.78, 5) is 0.273. The monoisotopic (exact) mass is 370 g/mol. The van der Waals surface area contributed by atoms with Crippen LogP contribution in [-0.4, -0.2) is 20.3 Å². The van der Waals surface area contributed by atoms with Gasteiger partial charge >= 0.3 is 0 Å². The quantitative estimate of drug-likeness (QED) is 0.793. The molecule has 1 spiro atoms. The van der Waals surface area contributed by atoms with E-state index < -0.39 is 15.4 Å². The highest BCUT2D eigenvalue weighted by atomic mass is 32.2. The molecule has 3 nitrogen and oxygen atoms in total. The van der Waals surface area contributed by atoms with E-state index in [4.69, 9.17) is 4.74 Å². The third kappa shape index (κ3) is 2.67. The molecule has 26 heavy (non-hydrogen) atoms. The Bertz CT molecular complexity index is 1030. The third-order valence-electron chi connectivity index (χ3n) is 5.15. The van der Waals surface area contributed by atoms with Crippen molar-refractivity contribution >= 4 is 21.0 Å². The average molecular weight is 370 g/mol. The van der Waals surface area contributed by atoms with Crippen LogP contribution in [0.5, 0.6) is 0 Å². The molecule has 2 aromatic carbocycles. The minimum atomic E-state index is -3.26. The minimum Gasteiger partial charge on any atom is -0.482 e. The van der Waals surface area contributed by atoms with Crippen LogP contribution in [-0.2, 0) is 14.6 Å². The lowest BCUT2D eigenvalue weighted by atomic mass is 9.71. The van der Waals surface area contributed by atoms with Gasteiger partial charge in [-0.25, -0.2) is 12.8 Å². The summed E-state index contributed by atoms with van der Waals surface area (Å²) >= 11 is 0. The molecule has 1 heterocycles. The molecule has 0 atom stereocenters. The molecule has 5 heteroatoms. The Morgan fingerprint density at radius 1 is 1.08 bits per heavy atom. The largest absolute Gasteiger partial charge is 0.482 e. The lowest BCUT2D eigenvalue weighted by molar-refractivity contribution is 0.00803. The first-order valence-electron chi connectivity index (χ1n) is 8.50. The van der Waals surface area contributed by atoms with Crippen LogP contribution in [0.4, 0.5) is 4.39 Å². The zero-order valence-corrected chi connectivity index (χ0v) is 15.3. The molecule has 1 saturated carbocycles. The lowest BCUT2D eigenvalue weighted by Crippen LogP contribution is -2.38. The highest BCUT2D eigenvalue weighted by Gasteiger charge is 2.50. The Kier molecular flexibility index (Phi) is 3.81. The van der Waals surface area contributed by atoms with Gasteiger partial charge in [0.05, 0.1) is 4.90 Å². The van der Waals surface area contributed by atoms with Gasteiger partial charge in [-0.3, -0.25) is 0 Å². The number of allylic oxidation sites excluding steroid dienone is 1. The van der Waals surface area contributed by atoms with Crippen molar-refractivity contribution in [1.29, 1.82) is 0 Å². The van der Waals surface area contributed by atoms with Gasteiger partial charge in [0, 0.05) is 17.4 Å². The summed E-state index contributed by atoms with van der Waals surface area (Å²) < 4.78 is 43.4. The zero-order chi connectivity index (χ0) is 18.5. The third-order valence-corrected chi connectivity index (χ3v) is 6.28. The molecule has 0 amide bonds. The van der Waals surface area contributed by atoms with Crippen molar-refractivity contribution in [1.82, 2.24) is 0 Å². The topological polar surface area (TPSA) is 43.4 Å². The Morgan fingerprint density at radius 2 is 1.77 bits per heavy atom. The number of rotatable bonds is 3. The molecule has 2 aromatic rings. The van der Waals surface area contributed by atoms with Crippen LogP contribution in [0.2, 0.25) is 0 Å². The van der Waals surface area contributed by atoms with Gasteiger partial charge in [-0.15, -0.1) is 0 Å². The van der Waals surface area contributed by atoms with Crippen molar-refractivity contribution < 1.29 is 17.5 Å². The number of halogens is 1. The molecule has 1 aliphatic carbocycles. The van der Waals surface area contributed by atoms with Crippen LogP contribution in [0.1, 0.15) is 30.4 Å². The second-order valence-corrected chi connectivity index (χ2v) is 8.95. The van der Waals surface area contributed by atoms with E-state index in [9.17, 15) is 12.8 Å². The van der Waals surface area contributed by atoms with Crippen LogP contribution >= 0.6 is 0 Å². The molecular formula is C21H19FO3S. The maximum absolute atomic E-state index is 13.8. The maximum atomic E-state index is 13.8. The molecule has 0 bridgehead atoms. The predicted octanol–water partition coefficient (Wildman–Crippen LogP) is 4.61. The van der Waals surface area contributed by atoms with Gasteiger partial charge in [-0.05, 0) is 54.7 Å². The lowest BCUT2D eigenvalue weighted by Gasteiger charge is -2.40. The summed E-state index contributed by atoms with van der Waals surface area (Å²) in [5.41, 5.74) is 2.94. The van der Waals surface area contributed by atoms with Gasteiger partial charge in [0.25, 0.3) is 0 Å². The zero-order valence-electron chi connectivity index (χ0n) is 14.5. The van der Waals surface area contributed by atoms with Crippen molar-refractivity contribution in [3.8, 4) is 0 Å². The van der Waals surface area contributed by atoms with Crippen molar-refractivity contribution in [2.45, 2.75) is 29.8 Å². The first kappa shape index (κ1) is 17.0. The fourth-order valence-corrected chi connectivity index (χ4v) is 4.41.